The Morgan fingerprint density at radius 3 is 2.46 bits per heavy atom. The van der Waals surface area contributed by atoms with Gasteiger partial charge in [-0.05, 0) is 60.7 Å². The van der Waals surface area contributed by atoms with E-state index >= 15 is 0 Å². The van der Waals surface area contributed by atoms with E-state index in [4.69, 9.17) is 20.8 Å². The first-order valence-corrected chi connectivity index (χ1v) is 11.7. The van der Waals surface area contributed by atoms with Crippen molar-refractivity contribution in [3.8, 4) is 5.75 Å². The summed E-state index contributed by atoms with van der Waals surface area (Å²) >= 11 is 5.63. The van der Waals surface area contributed by atoms with E-state index in [0.717, 1.165) is 12.1 Å². The number of ether oxygens (including phenoxy) is 1. The van der Waals surface area contributed by atoms with E-state index in [2.05, 4.69) is 20.2 Å². The second kappa shape index (κ2) is 10.1. The quantitative estimate of drug-likeness (QED) is 0.347. The van der Waals surface area contributed by atoms with Crippen molar-refractivity contribution < 1.29 is 31.1 Å². The van der Waals surface area contributed by atoms with Crippen molar-refractivity contribution in [1.82, 2.24) is 10.2 Å². The van der Waals surface area contributed by atoms with Crippen molar-refractivity contribution in [3.05, 3.63) is 95.0 Å². The van der Waals surface area contributed by atoms with Crippen LogP contribution in [0.2, 0.25) is 5.15 Å². The molecule has 0 aliphatic rings. The van der Waals surface area contributed by atoms with Gasteiger partial charge in [-0.1, -0.05) is 11.6 Å². The van der Waals surface area contributed by atoms with E-state index < -0.39 is 27.6 Å². The minimum absolute atomic E-state index is 0.00783. The smallest absolute Gasteiger partial charge is 0.291 e. The molecule has 0 saturated heterocycles. The van der Waals surface area contributed by atoms with Crippen molar-refractivity contribution in [1.29, 1.82) is 0 Å². The van der Waals surface area contributed by atoms with Crippen LogP contribution in [-0.2, 0) is 16.6 Å². The Morgan fingerprint density at radius 1 is 1.00 bits per heavy atom. The first kappa shape index (κ1) is 24.1. The Hall–Kier alpha value is -4.03. The number of aromatic nitrogens is 2. The number of nitrogens with one attached hydrogen (secondary N) is 2. The second-order valence-electron chi connectivity index (χ2n) is 6.95. The van der Waals surface area contributed by atoms with Gasteiger partial charge in [-0.2, -0.15) is 0 Å². The molecule has 2 aromatic carbocycles. The van der Waals surface area contributed by atoms with Crippen LogP contribution in [0.25, 0.3) is 0 Å². The molecule has 9 nitrogen and oxygen atoms in total. The molecule has 2 heterocycles. The van der Waals surface area contributed by atoms with Gasteiger partial charge in [0, 0.05) is 11.8 Å². The molecule has 180 valence electrons. The maximum atomic E-state index is 13.6. The third-order valence-corrected chi connectivity index (χ3v) is 6.01. The Bertz CT molecular complexity index is 1460. The van der Waals surface area contributed by atoms with Crippen molar-refractivity contribution in [2.75, 3.05) is 10.0 Å². The van der Waals surface area contributed by atoms with Crippen LogP contribution in [0.5, 0.6) is 5.75 Å². The number of benzene rings is 2. The fraction of sp³-hybridized carbons (Fsp3) is 0.0455. The summed E-state index contributed by atoms with van der Waals surface area (Å²) in [6, 6.07) is 13.9. The SMILES string of the molecule is O=C(Nc1ccc(S(=O)(=O)Nc2ccc(Cl)nn2)cc1)c1ccc(COc2ccc(F)cc2F)o1. The van der Waals surface area contributed by atoms with Gasteiger partial charge in [-0.3, -0.25) is 9.52 Å². The van der Waals surface area contributed by atoms with E-state index in [9.17, 15) is 22.0 Å². The lowest BCUT2D eigenvalue weighted by Gasteiger charge is -2.08. The average Bonchev–Trinajstić information content (AvgIpc) is 3.30. The van der Waals surface area contributed by atoms with Gasteiger partial charge in [0.1, 0.15) is 18.2 Å². The first-order chi connectivity index (χ1) is 16.7. The van der Waals surface area contributed by atoms with Crippen molar-refractivity contribution in [2.45, 2.75) is 11.5 Å². The predicted molar refractivity (Wildman–Crippen MR) is 122 cm³/mol. The Labute approximate surface area is 202 Å². The fourth-order valence-electron chi connectivity index (χ4n) is 2.80. The molecule has 2 aromatic heterocycles. The molecule has 1 amide bonds. The minimum Gasteiger partial charge on any atom is -0.483 e. The number of hydrogen-bond donors (Lipinski definition) is 2. The average molecular weight is 521 g/mol. The van der Waals surface area contributed by atoms with Gasteiger partial charge < -0.3 is 14.5 Å². The highest BCUT2D eigenvalue weighted by molar-refractivity contribution is 7.92. The molecular formula is C22H15ClF2N4O5S. The Balaban J connectivity index is 1.36. The molecule has 4 aromatic rings. The van der Waals surface area contributed by atoms with Gasteiger partial charge in [0.15, 0.2) is 28.3 Å². The van der Waals surface area contributed by atoms with Crippen LogP contribution in [-0.4, -0.2) is 24.5 Å². The van der Waals surface area contributed by atoms with Gasteiger partial charge in [0.25, 0.3) is 15.9 Å². The van der Waals surface area contributed by atoms with Gasteiger partial charge in [0.2, 0.25) is 0 Å². The van der Waals surface area contributed by atoms with Gasteiger partial charge >= 0.3 is 0 Å². The molecule has 0 atom stereocenters. The van der Waals surface area contributed by atoms with Gasteiger partial charge in [-0.15, -0.1) is 10.2 Å². The van der Waals surface area contributed by atoms with Crippen LogP contribution in [0, 0.1) is 11.6 Å². The number of hydrogen-bond acceptors (Lipinski definition) is 7. The zero-order valence-electron chi connectivity index (χ0n) is 17.5. The van der Waals surface area contributed by atoms with E-state index in [0.29, 0.717) is 11.8 Å². The molecule has 0 fully saturated rings. The van der Waals surface area contributed by atoms with Crippen LogP contribution >= 0.6 is 11.6 Å². The maximum Gasteiger partial charge on any atom is 0.291 e. The molecule has 4 rings (SSSR count). The summed E-state index contributed by atoms with van der Waals surface area (Å²) in [7, 11) is -3.94. The van der Waals surface area contributed by atoms with Crippen LogP contribution in [0.3, 0.4) is 0 Å². The largest absolute Gasteiger partial charge is 0.483 e. The summed E-state index contributed by atoms with van der Waals surface area (Å²) in [5.41, 5.74) is 0.308. The second-order valence-corrected chi connectivity index (χ2v) is 9.02. The summed E-state index contributed by atoms with van der Waals surface area (Å²) in [6.07, 6.45) is 0. The van der Waals surface area contributed by atoms with Crippen molar-refractivity contribution >= 4 is 39.0 Å². The van der Waals surface area contributed by atoms with Crippen molar-refractivity contribution in [2.24, 2.45) is 0 Å². The minimum atomic E-state index is -3.94. The number of sulfonamides is 1. The molecule has 0 bridgehead atoms. The molecule has 0 spiro atoms. The van der Waals surface area contributed by atoms with E-state index in [1.165, 1.54) is 48.5 Å². The molecular weight excluding hydrogens is 506 g/mol. The highest BCUT2D eigenvalue weighted by atomic mass is 35.5. The summed E-state index contributed by atoms with van der Waals surface area (Å²) in [5.74, 6) is -2.19. The maximum absolute atomic E-state index is 13.6. The lowest BCUT2D eigenvalue weighted by atomic mass is 10.3. The molecule has 0 unspecified atom stereocenters. The topological polar surface area (TPSA) is 123 Å². The van der Waals surface area contributed by atoms with Crippen LogP contribution in [0.1, 0.15) is 16.3 Å². The number of rotatable bonds is 8. The Kier molecular flexibility index (Phi) is 6.94. The summed E-state index contributed by atoms with van der Waals surface area (Å²) in [5, 5.41) is 9.88. The number of amides is 1. The zero-order valence-corrected chi connectivity index (χ0v) is 19.1. The number of carbonyl (C=O) groups excluding carboxylic acids is 1. The van der Waals surface area contributed by atoms with Crippen LogP contribution in [0.4, 0.5) is 20.3 Å². The molecule has 2 N–H and O–H groups in total. The summed E-state index contributed by atoms with van der Waals surface area (Å²) in [4.78, 5) is 12.4. The predicted octanol–water partition coefficient (Wildman–Crippen LogP) is 4.63. The molecule has 0 saturated carbocycles. The Morgan fingerprint density at radius 2 is 1.77 bits per heavy atom. The van der Waals surface area contributed by atoms with Crippen LogP contribution in [0.15, 0.2) is 76.0 Å². The zero-order chi connectivity index (χ0) is 25.0. The molecule has 13 heteroatoms. The third kappa shape index (κ3) is 6.11. The first-order valence-electron chi connectivity index (χ1n) is 9.80. The standard InChI is InChI=1S/C22H15ClF2N4O5S/c23-20-9-10-21(28-27-20)29-35(31,32)16-5-2-14(3-6-16)26-22(30)19-8-4-15(34-19)12-33-18-7-1-13(24)11-17(18)25/h1-11H,12H2,(H,26,30)(H,28,29). The lowest BCUT2D eigenvalue weighted by Crippen LogP contribution is -2.15. The monoisotopic (exact) mass is 520 g/mol. The van der Waals surface area contributed by atoms with Crippen molar-refractivity contribution in [3.63, 3.8) is 0 Å². The van der Waals surface area contributed by atoms with E-state index in [1.807, 2.05) is 0 Å². The normalized spacial score (nSPS) is 11.2. The van der Waals surface area contributed by atoms with Gasteiger partial charge in [0.05, 0.1) is 4.90 Å². The molecule has 0 aliphatic heterocycles. The van der Waals surface area contributed by atoms with Crippen LogP contribution < -0.4 is 14.8 Å². The highest BCUT2D eigenvalue weighted by Gasteiger charge is 2.17. The molecule has 0 radical (unpaired) electrons. The number of anilines is 2. The summed E-state index contributed by atoms with van der Waals surface area (Å²) in [6.45, 7) is -0.187. The third-order valence-electron chi connectivity index (χ3n) is 4.44. The number of nitrogens with zero attached hydrogens (tertiary/aromatic N) is 2. The number of carbonyl (C=O) groups is 1. The lowest BCUT2D eigenvalue weighted by molar-refractivity contribution is 0.0992. The molecule has 35 heavy (non-hydrogen) atoms. The number of furan rings is 1. The van der Waals surface area contributed by atoms with E-state index in [1.54, 1.807) is 0 Å². The fourth-order valence-corrected chi connectivity index (χ4v) is 3.89. The van der Waals surface area contributed by atoms with E-state index in [-0.39, 0.29) is 39.7 Å². The highest BCUT2D eigenvalue weighted by Crippen LogP contribution is 2.21. The summed E-state index contributed by atoms with van der Waals surface area (Å²) < 4.78 is 64.5. The van der Waals surface area contributed by atoms with Gasteiger partial charge in [-0.25, -0.2) is 17.2 Å². The molecule has 0 aliphatic carbocycles. The number of halogens is 3.